The number of carbonyl (C=O) groups excluding carboxylic acids is 2. The molecular formula is C30H36O6. The summed E-state index contributed by atoms with van der Waals surface area (Å²) in [6, 6.07) is 0. The summed E-state index contributed by atoms with van der Waals surface area (Å²) in [5.41, 5.74) is 0.925. The standard InChI is InChI=1S/C30H36O6/c1-16(26(33)34)18-5-10-28(3)13-9-23(32)30(22(28)15-18)14-7-20-21(31)8-12-29(4)11-6-19(17(2)27(35)36)25(30)24(20)29/h8-9,12-13,15-19,25H,5-7,10-11,14H2,1-4H3,(H,33,34)(H,35,36)/t16-,17-,18+,19-,25-,28-,29-,30-/m0/s1. The van der Waals surface area contributed by atoms with Crippen molar-refractivity contribution in [3.63, 3.8) is 0 Å². The molecule has 0 aromatic heterocycles. The second kappa shape index (κ2) is 8.12. The molecule has 1 saturated carbocycles. The van der Waals surface area contributed by atoms with E-state index in [2.05, 4.69) is 19.9 Å². The van der Waals surface area contributed by atoms with E-state index in [1.54, 1.807) is 26.0 Å². The highest BCUT2D eigenvalue weighted by atomic mass is 16.4. The molecule has 8 atom stereocenters. The van der Waals surface area contributed by atoms with Crippen molar-refractivity contribution in [3.05, 3.63) is 47.1 Å². The minimum absolute atomic E-state index is 0.0254. The normalized spacial score (nSPS) is 40.9. The molecule has 5 aliphatic rings. The minimum Gasteiger partial charge on any atom is -0.481 e. The summed E-state index contributed by atoms with van der Waals surface area (Å²) < 4.78 is 0. The van der Waals surface area contributed by atoms with Crippen molar-refractivity contribution in [2.75, 3.05) is 0 Å². The van der Waals surface area contributed by atoms with Crippen molar-refractivity contribution in [2.45, 2.75) is 66.2 Å². The predicted octanol–water partition coefficient (Wildman–Crippen LogP) is 5.16. The fourth-order valence-electron chi connectivity index (χ4n) is 8.22. The van der Waals surface area contributed by atoms with E-state index < -0.39 is 45.9 Å². The topological polar surface area (TPSA) is 109 Å². The van der Waals surface area contributed by atoms with Gasteiger partial charge in [-0.25, -0.2) is 0 Å². The predicted molar refractivity (Wildman–Crippen MR) is 134 cm³/mol. The van der Waals surface area contributed by atoms with E-state index in [9.17, 15) is 29.4 Å². The van der Waals surface area contributed by atoms with Crippen LogP contribution in [0.2, 0.25) is 0 Å². The van der Waals surface area contributed by atoms with Crippen molar-refractivity contribution in [3.8, 4) is 0 Å². The lowest BCUT2D eigenvalue weighted by Gasteiger charge is -2.60. The molecule has 0 radical (unpaired) electrons. The van der Waals surface area contributed by atoms with Gasteiger partial charge in [0.15, 0.2) is 11.6 Å². The van der Waals surface area contributed by atoms with Gasteiger partial charge < -0.3 is 10.2 Å². The van der Waals surface area contributed by atoms with Crippen LogP contribution in [0.25, 0.3) is 0 Å². The van der Waals surface area contributed by atoms with Gasteiger partial charge in [-0.1, -0.05) is 45.9 Å². The van der Waals surface area contributed by atoms with Crippen LogP contribution in [0.15, 0.2) is 47.1 Å². The molecule has 1 fully saturated rings. The van der Waals surface area contributed by atoms with Gasteiger partial charge >= 0.3 is 11.9 Å². The molecule has 0 unspecified atom stereocenters. The Kier molecular flexibility index (Phi) is 5.62. The minimum atomic E-state index is -0.958. The Morgan fingerprint density at radius 2 is 1.56 bits per heavy atom. The first-order valence-corrected chi connectivity index (χ1v) is 13.2. The Balaban J connectivity index is 1.78. The summed E-state index contributed by atoms with van der Waals surface area (Å²) in [4.78, 5) is 51.4. The second-order valence-electron chi connectivity index (χ2n) is 12.3. The molecule has 0 aromatic carbocycles. The molecule has 0 aliphatic heterocycles. The lowest BCUT2D eigenvalue weighted by Crippen LogP contribution is -2.57. The largest absolute Gasteiger partial charge is 0.481 e. The Morgan fingerprint density at radius 3 is 2.22 bits per heavy atom. The lowest BCUT2D eigenvalue weighted by atomic mass is 9.41. The fraction of sp³-hybridized carbons (Fsp3) is 0.600. The van der Waals surface area contributed by atoms with Gasteiger partial charge in [0.1, 0.15) is 0 Å². The highest BCUT2D eigenvalue weighted by Crippen LogP contribution is 2.68. The number of carboxylic acids is 2. The number of ketones is 2. The maximum absolute atomic E-state index is 14.2. The Bertz CT molecular complexity index is 1190. The average Bonchev–Trinajstić information content (AvgIpc) is 2.84. The lowest BCUT2D eigenvalue weighted by molar-refractivity contribution is -0.147. The van der Waals surface area contributed by atoms with E-state index >= 15 is 0 Å². The molecule has 0 heterocycles. The fourth-order valence-corrected chi connectivity index (χ4v) is 8.22. The molecular weight excluding hydrogens is 456 g/mol. The summed E-state index contributed by atoms with van der Waals surface area (Å²) in [6.07, 6.45) is 13.1. The van der Waals surface area contributed by atoms with Crippen molar-refractivity contribution in [2.24, 2.45) is 45.8 Å². The SMILES string of the molecule is C[C@H](C(=O)O)[C@@H]1CC[C@@]2(C)C=CC(=O)C3=C2[C@H]1[C@]1(CC3)C(=O)C=C[C@]2(C)CC[C@@H]([C@H](C)C(=O)O)C=C12. The van der Waals surface area contributed by atoms with E-state index in [1.165, 1.54) is 0 Å². The summed E-state index contributed by atoms with van der Waals surface area (Å²) in [7, 11) is 0. The zero-order valence-electron chi connectivity index (χ0n) is 21.5. The van der Waals surface area contributed by atoms with Crippen molar-refractivity contribution in [1.82, 2.24) is 0 Å². The first-order chi connectivity index (χ1) is 16.9. The maximum atomic E-state index is 14.2. The first kappa shape index (κ1) is 24.9. The van der Waals surface area contributed by atoms with Crippen LogP contribution in [0.4, 0.5) is 0 Å². The van der Waals surface area contributed by atoms with Crippen LogP contribution in [0.3, 0.4) is 0 Å². The molecule has 2 N–H and O–H groups in total. The van der Waals surface area contributed by atoms with Gasteiger partial charge in [-0.2, -0.15) is 0 Å². The molecule has 5 aliphatic carbocycles. The molecule has 5 rings (SSSR count). The van der Waals surface area contributed by atoms with Gasteiger partial charge in [0, 0.05) is 16.7 Å². The van der Waals surface area contributed by atoms with E-state index in [0.717, 1.165) is 29.6 Å². The monoisotopic (exact) mass is 492 g/mol. The number of allylic oxidation sites excluding steroid dienone is 8. The summed E-state index contributed by atoms with van der Waals surface area (Å²) >= 11 is 0. The number of carboxylic acid groups (broad SMARTS) is 2. The zero-order chi connectivity index (χ0) is 26.2. The van der Waals surface area contributed by atoms with Crippen molar-refractivity contribution >= 4 is 23.5 Å². The molecule has 1 spiro atoms. The molecule has 6 nitrogen and oxygen atoms in total. The average molecular weight is 493 g/mol. The van der Waals surface area contributed by atoms with Gasteiger partial charge in [-0.15, -0.1) is 0 Å². The first-order valence-electron chi connectivity index (χ1n) is 13.2. The van der Waals surface area contributed by atoms with E-state index in [0.29, 0.717) is 25.7 Å². The Morgan fingerprint density at radius 1 is 0.917 bits per heavy atom. The third-order valence-electron chi connectivity index (χ3n) is 10.5. The van der Waals surface area contributed by atoms with Crippen molar-refractivity contribution < 1.29 is 29.4 Å². The van der Waals surface area contributed by atoms with Gasteiger partial charge in [-0.3, -0.25) is 19.2 Å². The van der Waals surface area contributed by atoms with Crippen LogP contribution in [-0.2, 0) is 19.2 Å². The number of carbonyl (C=O) groups is 4. The van der Waals surface area contributed by atoms with E-state index in [-0.39, 0.29) is 23.4 Å². The van der Waals surface area contributed by atoms with Crippen LogP contribution >= 0.6 is 0 Å². The highest BCUT2D eigenvalue weighted by Gasteiger charge is 2.64. The molecule has 0 amide bonds. The Hall–Kier alpha value is -2.76. The van der Waals surface area contributed by atoms with Gasteiger partial charge in [0.2, 0.25) is 0 Å². The van der Waals surface area contributed by atoms with Gasteiger partial charge in [0.25, 0.3) is 0 Å². The van der Waals surface area contributed by atoms with Crippen LogP contribution in [0.1, 0.15) is 66.2 Å². The highest BCUT2D eigenvalue weighted by molar-refractivity contribution is 6.08. The van der Waals surface area contributed by atoms with Crippen LogP contribution in [0, 0.1) is 45.8 Å². The van der Waals surface area contributed by atoms with Gasteiger partial charge in [0.05, 0.1) is 17.3 Å². The number of rotatable bonds is 4. The molecule has 0 aromatic rings. The molecule has 6 heteroatoms. The van der Waals surface area contributed by atoms with Crippen LogP contribution in [0.5, 0.6) is 0 Å². The van der Waals surface area contributed by atoms with E-state index in [4.69, 9.17) is 0 Å². The number of aliphatic carboxylic acids is 2. The number of fused-ring (bicyclic) bond motifs is 3. The molecule has 192 valence electrons. The number of hydrogen-bond acceptors (Lipinski definition) is 4. The molecule has 36 heavy (non-hydrogen) atoms. The van der Waals surface area contributed by atoms with Gasteiger partial charge in [-0.05, 0) is 79.2 Å². The summed E-state index contributed by atoms with van der Waals surface area (Å²) in [5, 5.41) is 19.8. The quantitative estimate of drug-likeness (QED) is 0.525. The maximum Gasteiger partial charge on any atom is 0.306 e. The third-order valence-corrected chi connectivity index (χ3v) is 10.5. The smallest absolute Gasteiger partial charge is 0.306 e. The second-order valence-corrected chi connectivity index (χ2v) is 12.3. The molecule has 0 saturated heterocycles. The number of hydrogen-bond donors (Lipinski definition) is 2. The molecule has 0 bridgehead atoms. The van der Waals surface area contributed by atoms with Crippen LogP contribution < -0.4 is 0 Å². The third kappa shape index (κ3) is 3.29. The van der Waals surface area contributed by atoms with E-state index in [1.807, 2.05) is 12.2 Å². The summed E-state index contributed by atoms with van der Waals surface area (Å²) in [6.45, 7) is 7.69. The van der Waals surface area contributed by atoms with Crippen molar-refractivity contribution in [1.29, 1.82) is 0 Å². The Labute approximate surface area is 212 Å². The summed E-state index contributed by atoms with van der Waals surface area (Å²) in [5.74, 6) is -3.94. The zero-order valence-corrected chi connectivity index (χ0v) is 21.5. The van der Waals surface area contributed by atoms with Crippen LogP contribution in [-0.4, -0.2) is 33.7 Å².